The summed E-state index contributed by atoms with van der Waals surface area (Å²) in [7, 11) is 0. The standard InChI is InChI=1S/C24H30N2O3/c1-17-12-18(2)14-20(13-17)19-6-7-22(21(15-19)16-27)25-8-10-26(11-9-25)23(28)29-24(3,4)5/h6-7,12-16H,8-11H2,1-5H3. The highest BCUT2D eigenvalue weighted by Crippen LogP contribution is 2.29. The molecule has 5 heteroatoms. The lowest BCUT2D eigenvalue weighted by Gasteiger charge is -2.37. The minimum Gasteiger partial charge on any atom is -0.444 e. The van der Waals surface area contributed by atoms with E-state index in [1.54, 1.807) is 4.90 Å². The number of ether oxygens (including phenoxy) is 1. The van der Waals surface area contributed by atoms with Crippen LogP contribution in [0.5, 0.6) is 0 Å². The summed E-state index contributed by atoms with van der Waals surface area (Å²) in [6.07, 6.45) is 0.639. The highest BCUT2D eigenvalue weighted by atomic mass is 16.6. The fourth-order valence-corrected chi connectivity index (χ4v) is 3.71. The monoisotopic (exact) mass is 394 g/mol. The molecule has 3 rings (SSSR count). The molecule has 0 spiro atoms. The highest BCUT2D eigenvalue weighted by molar-refractivity contribution is 5.88. The van der Waals surface area contributed by atoms with E-state index in [0.29, 0.717) is 31.7 Å². The van der Waals surface area contributed by atoms with Crippen LogP contribution in [-0.4, -0.2) is 49.1 Å². The summed E-state index contributed by atoms with van der Waals surface area (Å²) in [6.45, 7) is 12.3. The van der Waals surface area contributed by atoms with Crippen LogP contribution < -0.4 is 4.90 Å². The van der Waals surface area contributed by atoms with Gasteiger partial charge in [0.25, 0.3) is 0 Å². The molecule has 0 radical (unpaired) electrons. The van der Waals surface area contributed by atoms with E-state index in [1.807, 2.05) is 32.9 Å². The van der Waals surface area contributed by atoms with E-state index >= 15 is 0 Å². The van der Waals surface area contributed by atoms with Gasteiger partial charge in [0, 0.05) is 37.4 Å². The van der Waals surface area contributed by atoms with E-state index in [0.717, 1.165) is 23.1 Å². The van der Waals surface area contributed by atoms with Crippen molar-refractivity contribution in [2.45, 2.75) is 40.2 Å². The van der Waals surface area contributed by atoms with Crippen LogP contribution in [0, 0.1) is 13.8 Å². The molecule has 1 amide bonds. The van der Waals surface area contributed by atoms with Crippen molar-refractivity contribution >= 4 is 18.1 Å². The van der Waals surface area contributed by atoms with Crippen molar-refractivity contribution in [2.75, 3.05) is 31.1 Å². The average molecular weight is 395 g/mol. The lowest BCUT2D eigenvalue weighted by Crippen LogP contribution is -2.50. The molecular weight excluding hydrogens is 364 g/mol. The van der Waals surface area contributed by atoms with E-state index in [4.69, 9.17) is 4.74 Å². The van der Waals surface area contributed by atoms with Crippen molar-refractivity contribution in [3.63, 3.8) is 0 Å². The second-order valence-electron chi connectivity index (χ2n) is 8.72. The first-order valence-corrected chi connectivity index (χ1v) is 10.1. The van der Waals surface area contributed by atoms with Crippen LogP contribution in [0.15, 0.2) is 36.4 Å². The van der Waals surface area contributed by atoms with Gasteiger partial charge in [-0.05, 0) is 57.9 Å². The molecule has 2 aromatic carbocycles. The van der Waals surface area contributed by atoms with Gasteiger partial charge in [-0.3, -0.25) is 4.79 Å². The molecule has 0 atom stereocenters. The number of carbonyl (C=O) groups excluding carboxylic acids is 2. The number of amides is 1. The lowest BCUT2D eigenvalue weighted by molar-refractivity contribution is 0.0240. The van der Waals surface area contributed by atoms with E-state index in [-0.39, 0.29) is 6.09 Å². The second kappa shape index (κ2) is 8.27. The summed E-state index contributed by atoms with van der Waals surface area (Å²) in [5.41, 5.74) is 5.65. The van der Waals surface area contributed by atoms with Crippen LogP contribution in [0.25, 0.3) is 11.1 Å². The molecule has 5 nitrogen and oxygen atoms in total. The van der Waals surface area contributed by atoms with Gasteiger partial charge in [-0.15, -0.1) is 0 Å². The number of anilines is 1. The Labute approximate surface area is 173 Å². The Morgan fingerprint density at radius 2 is 1.55 bits per heavy atom. The van der Waals surface area contributed by atoms with Crippen LogP contribution in [0.1, 0.15) is 42.3 Å². The molecule has 1 fully saturated rings. The number of nitrogens with zero attached hydrogens (tertiary/aromatic N) is 2. The average Bonchev–Trinajstić information content (AvgIpc) is 2.65. The van der Waals surface area contributed by atoms with Crippen LogP contribution in [0.3, 0.4) is 0 Å². The Morgan fingerprint density at radius 1 is 0.931 bits per heavy atom. The van der Waals surface area contributed by atoms with Crippen molar-refractivity contribution < 1.29 is 14.3 Å². The molecule has 154 valence electrons. The van der Waals surface area contributed by atoms with Gasteiger partial charge in [0.15, 0.2) is 6.29 Å². The summed E-state index contributed by atoms with van der Waals surface area (Å²) in [5, 5.41) is 0. The molecule has 29 heavy (non-hydrogen) atoms. The maximum absolute atomic E-state index is 12.3. The SMILES string of the molecule is Cc1cc(C)cc(-c2ccc(N3CCN(C(=O)OC(C)(C)C)CC3)c(C=O)c2)c1. The highest BCUT2D eigenvalue weighted by Gasteiger charge is 2.26. The smallest absolute Gasteiger partial charge is 0.410 e. The molecule has 0 aromatic heterocycles. The predicted octanol–water partition coefficient (Wildman–Crippen LogP) is 4.84. The summed E-state index contributed by atoms with van der Waals surface area (Å²) in [5.74, 6) is 0. The van der Waals surface area contributed by atoms with Gasteiger partial charge in [0.2, 0.25) is 0 Å². The van der Waals surface area contributed by atoms with Crippen LogP contribution in [0.4, 0.5) is 10.5 Å². The third-order valence-electron chi connectivity index (χ3n) is 4.98. The molecule has 1 saturated heterocycles. The minimum absolute atomic E-state index is 0.280. The molecule has 0 unspecified atom stereocenters. The van der Waals surface area contributed by atoms with Gasteiger partial charge in [-0.2, -0.15) is 0 Å². The predicted molar refractivity (Wildman–Crippen MR) is 117 cm³/mol. The lowest BCUT2D eigenvalue weighted by atomic mass is 9.98. The first-order chi connectivity index (χ1) is 13.7. The van der Waals surface area contributed by atoms with Crippen LogP contribution in [0.2, 0.25) is 0 Å². The zero-order valence-corrected chi connectivity index (χ0v) is 18.0. The molecule has 0 aliphatic carbocycles. The Kier molecular flexibility index (Phi) is 5.96. The normalized spacial score (nSPS) is 14.7. The number of aryl methyl sites for hydroxylation is 2. The largest absolute Gasteiger partial charge is 0.444 e. The van der Waals surface area contributed by atoms with Gasteiger partial charge < -0.3 is 14.5 Å². The first-order valence-electron chi connectivity index (χ1n) is 10.1. The molecule has 1 aliphatic rings. The number of benzene rings is 2. The Balaban J connectivity index is 1.75. The number of piperazine rings is 1. The first kappa shape index (κ1) is 20.9. The van der Waals surface area contributed by atoms with Gasteiger partial charge in [0.05, 0.1) is 0 Å². The number of hydrogen-bond acceptors (Lipinski definition) is 4. The van der Waals surface area contributed by atoms with Gasteiger partial charge in [-0.25, -0.2) is 4.79 Å². The quantitative estimate of drug-likeness (QED) is 0.699. The van der Waals surface area contributed by atoms with Crippen LogP contribution in [-0.2, 0) is 4.74 Å². The summed E-state index contributed by atoms with van der Waals surface area (Å²) < 4.78 is 5.46. The van der Waals surface area contributed by atoms with Gasteiger partial charge in [0.1, 0.15) is 5.60 Å². The molecule has 2 aromatic rings. The van der Waals surface area contributed by atoms with E-state index in [2.05, 4.69) is 43.0 Å². The van der Waals surface area contributed by atoms with Crippen molar-refractivity contribution in [3.8, 4) is 11.1 Å². The van der Waals surface area contributed by atoms with Crippen molar-refractivity contribution in [2.24, 2.45) is 0 Å². The van der Waals surface area contributed by atoms with Crippen molar-refractivity contribution in [1.82, 2.24) is 4.90 Å². The fraction of sp³-hybridized carbons (Fsp3) is 0.417. The zero-order chi connectivity index (χ0) is 21.2. The van der Waals surface area contributed by atoms with Crippen molar-refractivity contribution in [3.05, 3.63) is 53.1 Å². The number of rotatable bonds is 3. The molecular formula is C24H30N2O3. The topological polar surface area (TPSA) is 49.9 Å². The minimum atomic E-state index is -0.497. The van der Waals surface area contributed by atoms with E-state index in [1.165, 1.54) is 11.1 Å². The van der Waals surface area contributed by atoms with Gasteiger partial charge >= 0.3 is 6.09 Å². The van der Waals surface area contributed by atoms with Crippen molar-refractivity contribution in [1.29, 1.82) is 0 Å². The number of aldehydes is 1. The van der Waals surface area contributed by atoms with E-state index < -0.39 is 5.60 Å². The second-order valence-corrected chi connectivity index (χ2v) is 8.72. The number of carbonyl (C=O) groups is 2. The molecule has 0 bridgehead atoms. The maximum atomic E-state index is 12.3. The Morgan fingerprint density at radius 3 is 2.10 bits per heavy atom. The summed E-state index contributed by atoms with van der Waals surface area (Å²) in [4.78, 5) is 28.0. The third kappa shape index (κ3) is 5.17. The van der Waals surface area contributed by atoms with Gasteiger partial charge in [-0.1, -0.05) is 35.4 Å². The zero-order valence-electron chi connectivity index (χ0n) is 18.0. The maximum Gasteiger partial charge on any atom is 0.410 e. The summed E-state index contributed by atoms with van der Waals surface area (Å²) in [6, 6.07) is 12.4. The number of hydrogen-bond donors (Lipinski definition) is 0. The third-order valence-corrected chi connectivity index (χ3v) is 4.98. The molecule has 1 aliphatic heterocycles. The van der Waals surface area contributed by atoms with Crippen LogP contribution >= 0.6 is 0 Å². The molecule has 0 N–H and O–H groups in total. The fourth-order valence-electron chi connectivity index (χ4n) is 3.71. The molecule has 1 heterocycles. The van der Waals surface area contributed by atoms with E-state index in [9.17, 15) is 9.59 Å². The summed E-state index contributed by atoms with van der Waals surface area (Å²) >= 11 is 0. The Hall–Kier alpha value is -2.82. The Bertz CT molecular complexity index is 887. The molecule has 0 saturated carbocycles.